The van der Waals surface area contributed by atoms with Gasteiger partial charge in [0.25, 0.3) is 11.8 Å². The third-order valence-corrected chi connectivity index (χ3v) is 12.8. The fourth-order valence-corrected chi connectivity index (χ4v) is 9.74. The van der Waals surface area contributed by atoms with Crippen molar-refractivity contribution in [2.75, 3.05) is 44.3 Å². The van der Waals surface area contributed by atoms with Crippen molar-refractivity contribution < 1.29 is 45.1 Å². The molecule has 5 aromatic rings. The minimum Gasteiger partial charge on any atom is -0.378 e. The Balaban J connectivity index is 1.05. The van der Waals surface area contributed by atoms with E-state index in [1.165, 1.54) is 11.3 Å². The number of thiazole rings is 1. The molecule has 0 spiro atoms. The summed E-state index contributed by atoms with van der Waals surface area (Å²) in [6.45, 7) is 3.75. The molecule has 2 amide bonds. The Labute approximate surface area is 329 Å². The monoisotopic (exact) mass is 826 g/mol. The minimum absolute atomic E-state index is 0.101. The zero-order valence-corrected chi connectivity index (χ0v) is 31.2. The molecule has 6 heterocycles. The number of nitrogens with one attached hydrogen (secondary N) is 2. The van der Waals surface area contributed by atoms with Crippen molar-refractivity contribution in [1.82, 2.24) is 35.3 Å². The van der Waals surface area contributed by atoms with Crippen LogP contribution in [0, 0.1) is 17.6 Å². The number of amides is 2. The van der Waals surface area contributed by atoms with Crippen LogP contribution >= 0.6 is 11.3 Å². The van der Waals surface area contributed by atoms with Gasteiger partial charge in [0, 0.05) is 61.4 Å². The Kier molecular flexibility index (Phi) is 8.62. The fraction of sp³-hybridized carbons (Fsp3) is 0.410. The fourth-order valence-electron chi connectivity index (χ4n) is 8.74. The van der Waals surface area contributed by atoms with E-state index in [1.807, 2.05) is 6.07 Å². The zero-order valence-electron chi connectivity index (χ0n) is 30.4. The second-order valence-electron chi connectivity index (χ2n) is 15.4. The number of ether oxygens (including phenoxy) is 1. The van der Waals surface area contributed by atoms with Crippen LogP contribution in [0.2, 0.25) is 0 Å². The minimum atomic E-state index is -5.03. The Morgan fingerprint density at radius 2 is 1.78 bits per heavy atom. The van der Waals surface area contributed by atoms with E-state index in [9.17, 15) is 31.5 Å². The number of rotatable bonds is 9. The van der Waals surface area contributed by atoms with Crippen molar-refractivity contribution in [3.05, 3.63) is 93.4 Å². The molecule has 2 saturated heterocycles. The third-order valence-electron chi connectivity index (χ3n) is 11.7. The molecule has 2 aromatic carbocycles. The number of carbonyl (C=O) groups is 2. The van der Waals surface area contributed by atoms with Crippen molar-refractivity contribution in [2.24, 2.45) is 5.92 Å². The second kappa shape index (κ2) is 13.5. The first-order valence-electron chi connectivity index (χ1n) is 18.8. The van der Waals surface area contributed by atoms with Gasteiger partial charge in [0.2, 0.25) is 5.91 Å². The summed E-state index contributed by atoms with van der Waals surface area (Å²) in [6.07, 6.45) is -5.42. The first kappa shape index (κ1) is 37.2. The molecule has 1 unspecified atom stereocenters. The van der Waals surface area contributed by atoms with E-state index in [-0.39, 0.29) is 30.0 Å². The van der Waals surface area contributed by atoms with Crippen molar-refractivity contribution in [2.45, 2.75) is 56.0 Å². The maximum atomic E-state index is 15.4. The number of anilines is 1. The topological polar surface area (TPSA) is 118 Å². The quantitative estimate of drug-likeness (QED) is 0.176. The van der Waals surface area contributed by atoms with E-state index in [4.69, 9.17) is 14.7 Å². The number of alkyl halides is 5. The SMILES string of the molecule is O=C(Cn1nc(C(F)(F)F)c2c1C(F)(F)C1C[C@H]21)N[C@@H](Cc1cc(F)cc(F)c1)c1nc2nc(N3CCN(C4COC4)CC3)sc2cc1-c1ccc2c(c1)C(=O)NC2. The number of nitrogens with zero attached hydrogens (tertiary/aromatic N) is 6. The molecule has 3 atom stereocenters. The van der Waals surface area contributed by atoms with E-state index in [1.54, 1.807) is 18.2 Å². The molecule has 5 aliphatic rings. The van der Waals surface area contributed by atoms with Gasteiger partial charge in [-0.2, -0.15) is 32.0 Å². The molecular weight excluding hydrogens is 794 g/mol. The van der Waals surface area contributed by atoms with Gasteiger partial charge in [0.05, 0.1) is 35.7 Å². The first-order chi connectivity index (χ1) is 27.7. The van der Waals surface area contributed by atoms with Gasteiger partial charge in [-0.1, -0.05) is 23.5 Å². The highest BCUT2D eigenvalue weighted by atomic mass is 32.1. The first-order valence-corrected chi connectivity index (χ1v) is 19.6. The summed E-state index contributed by atoms with van der Waals surface area (Å²) < 4.78 is 109. The van der Waals surface area contributed by atoms with Gasteiger partial charge in [-0.3, -0.25) is 19.2 Å². The summed E-state index contributed by atoms with van der Waals surface area (Å²) >= 11 is 1.40. The van der Waals surface area contributed by atoms with Crippen LogP contribution in [0.5, 0.6) is 0 Å². The summed E-state index contributed by atoms with van der Waals surface area (Å²) in [5.74, 6) is -9.01. The Morgan fingerprint density at radius 1 is 1.02 bits per heavy atom. The van der Waals surface area contributed by atoms with E-state index >= 15 is 8.78 Å². The lowest BCUT2D eigenvalue weighted by Crippen LogP contribution is -2.56. The average Bonchev–Trinajstić information content (AvgIpc) is 3.37. The smallest absolute Gasteiger partial charge is 0.378 e. The Bertz CT molecular complexity index is 2490. The molecule has 10 rings (SSSR count). The second-order valence-corrected chi connectivity index (χ2v) is 16.5. The molecule has 3 aromatic heterocycles. The molecule has 0 radical (unpaired) electrons. The highest BCUT2D eigenvalue weighted by molar-refractivity contribution is 7.22. The molecule has 3 aliphatic heterocycles. The van der Waals surface area contributed by atoms with Crippen molar-refractivity contribution in [1.29, 1.82) is 0 Å². The number of hydrogen-bond acceptors (Lipinski definition) is 9. The number of halogens is 7. The summed E-state index contributed by atoms with van der Waals surface area (Å²) in [5.41, 5.74) is -0.256. The van der Waals surface area contributed by atoms with Gasteiger partial charge < -0.3 is 20.3 Å². The highest BCUT2D eigenvalue weighted by Crippen LogP contribution is 2.68. The summed E-state index contributed by atoms with van der Waals surface area (Å²) in [7, 11) is 0. The number of fused-ring (bicyclic) bond motifs is 5. The van der Waals surface area contributed by atoms with E-state index in [0.717, 1.165) is 30.8 Å². The lowest BCUT2D eigenvalue weighted by atomic mass is 9.93. The van der Waals surface area contributed by atoms with Crippen molar-refractivity contribution in [3.63, 3.8) is 0 Å². The average molecular weight is 827 g/mol. The van der Waals surface area contributed by atoms with Gasteiger partial charge in [-0.15, -0.1) is 0 Å². The lowest BCUT2D eigenvalue weighted by Gasteiger charge is -2.42. The van der Waals surface area contributed by atoms with Crippen LogP contribution in [-0.2, 0) is 41.1 Å². The van der Waals surface area contributed by atoms with Crippen LogP contribution in [0.1, 0.15) is 62.5 Å². The molecule has 0 bridgehead atoms. The predicted octanol–water partition coefficient (Wildman–Crippen LogP) is 5.93. The van der Waals surface area contributed by atoms with Gasteiger partial charge in [0.1, 0.15) is 23.9 Å². The normalized spacial score (nSPS) is 21.7. The van der Waals surface area contributed by atoms with Crippen LogP contribution < -0.4 is 15.5 Å². The van der Waals surface area contributed by atoms with Crippen molar-refractivity contribution >= 4 is 38.6 Å². The molecule has 1 saturated carbocycles. The lowest BCUT2D eigenvalue weighted by molar-refractivity contribution is -0.142. The summed E-state index contributed by atoms with van der Waals surface area (Å²) in [6, 6.07) is 9.01. The number of carbonyl (C=O) groups excluding carboxylic acids is 2. The standard InChI is InChI=1S/C39H33F7N8O3S/c40-21-7-18(8-22(41)11-21)9-28(48-30(55)15-54-34-31(33(51-54)39(44,45)46)26-12-27(26)38(34,42)43)32-24(19-1-2-20-14-47-36(56)25(20)10-19)13-29-35(49-32)50-37(58-29)53-5-3-52(4-6-53)23-16-57-17-23/h1-2,7-8,10-11,13,23,26-28H,3-6,9,12,14-17H2,(H,47,56)(H,48,55)/t26-,27?,28-/m0/s1. The van der Waals surface area contributed by atoms with Crippen LogP contribution in [-0.4, -0.2) is 81.9 Å². The van der Waals surface area contributed by atoms with Crippen molar-refractivity contribution in [3.8, 4) is 11.1 Å². The number of hydrogen-bond donors (Lipinski definition) is 2. The van der Waals surface area contributed by atoms with Gasteiger partial charge in [0.15, 0.2) is 16.5 Å². The molecule has 11 nitrogen and oxygen atoms in total. The molecule has 19 heteroatoms. The number of benzene rings is 2. The largest absolute Gasteiger partial charge is 0.435 e. The van der Waals surface area contributed by atoms with E-state index < -0.39 is 71.0 Å². The molecular formula is C39H33F7N8O3S. The number of pyridine rings is 1. The Morgan fingerprint density at radius 3 is 2.48 bits per heavy atom. The van der Waals surface area contributed by atoms with Gasteiger partial charge in [-0.25, -0.2) is 13.8 Å². The highest BCUT2D eigenvalue weighted by Gasteiger charge is 2.68. The maximum Gasteiger partial charge on any atom is 0.435 e. The molecule has 302 valence electrons. The van der Waals surface area contributed by atoms with Crippen LogP contribution in [0.3, 0.4) is 0 Å². The van der Waals surface area contributed by atoms with Crippen LogP contribution in [0.15, 0.2) is 42.5 Å². The van der Waals surface area contributed by atoms with Gasteiger partial charge >= 0.3 is 6.18 Å². The third kappa shape index (κ3) is 6.37. The van der Waals surface area contributed by atoms with Crippen LogP contribution in [0.25, 0.3) is 21.5 Å². The van der Waals surface area contributed by atoms with Crippen LogP contribution in [0.4, 0.5) is 35.9 Å². The van der Waals surface area contributed by atoms with E-state index in [2.05, 4.69) is 25.5 Å². The van der Waals surface area contributed by atoms with E-state index in [0.29, 0.717) is 81.8 Å². The molecule has 3 fully saturated rings. The summed E-state index contributed by atoms with van der Waals surface area (Å²) in [5, 5.41) is 9.70. The summed E-state index contributed by atoms with van der Waals surface area (Å²) in [4.78, 5) is 41.0. The molecule has 58 heavy (non-hydrogen) atoms. The predicted molar refractivity (Wildman–Crippen MR) is 195 cm³/mol. The zero-order chi connectivity index (χ0) is 40.2. The Hall–Kier alpha value is -5.14. The number of piperazine rings is 1. The molecule has 2 N–H and O–H groups in total. The number of aromatic nitrogens is 4. The molecule has 2 aliphatic carbocycles. The maximum absolute atomic E-state index is 15.4. The van der Waals surface area contributed by atoms with Gasteiger partial charge in [-0.05, 0) is 59.7 Å².